The molecule has 0 radical (unpaired) electrons. The van der Waals surface area contributed by atoms with Crippen LogP contribution >= 0.6 is 0 Å². The van der Waals surface area contributed by atoms with Gasteiger partial charge in [-0.25, -0.2) is 0 Å². The lowest BCUT2D eigenvalue weighted by atomic mass is 9.84. The van der Waals surface area contributed by atoms with Gasteiger partial charge in [0, 0.05) is 22.8 Å². The van der Waals surface area contributed by atoms with Crippen LogP contribution in [0.5, 0.6) is 5.75 Å². The van der Waals surface area contributed by atoms with Crippen molar-refractivity contribution in [3.8, 4) is 5.75 Å². The topological polar surface area (TPSA) is 66.1 Å². The van der Waals surface area contributed by atoms with Crippen molar-refractivity contribution in [2.45, 2.75) is 44.4 Å². The molecule has 1 heterocycles. The van der Waals surface area contributed by atoms with Crippen molar-refractivity contribution in [1.29, 1.82) is 0 Å². The smallest absolute Gasteiger partial charge is 0.238 e. The molecule has 3 N–H and O–H groups in total. The van der Waals surface area contributed by atoms with Crippen LogP contribution in [0.15, 0.2) is 48.7 Å². The summed E-state index contributed by atoms with van der Waals surface area (Å²) in [5.74, 6) is 1.53. The Morgan fingerprint density at radius 1 is 1.10 bits per heavy atom. The average Bonchev–Trinajstić information content (AvgIpc) is 3.20. The highest BCUT2D eigenvalue weighted by Gasteiger charge is 2.15. The maximum Gasteiger partial charge on any atom is 0.238 e. The number of anilines is 1. The second-order valence-corrected chi connectivity index (χ2v) is 8.16. The first kappa shape index (κ1) is 20.5. The molecule has 0 spiro atoms. The van der Waals surface area contributed by atoms with Gasteiger partial charge in [0.25, 0.3) is 0 Å². The minimum atomic E-state index is -0.0130. The van der Waals surface area contributed by atoms with E-state index in [0.29, 0.717) is 12.5 Å². The number of nitrogens with one attached hydrogen (secondary N) is 3. The van der Waals surface area contributed by atoms with Gasteiger partial charge in [0.1, 0.15) is 5.75 Å². The molecule has 5 heteroatoms. The summed E-state index contributed by atoms with van der Waals surface area (Å²) in [6.45, 7) is 1.04. The predicted octanol–water partition coefficient (Wildman–Crippen LogP) is 5.00. The van der Waals surface area contributed by atoms with Crippen LogP contribution in [0.2, 0.25) is 0 Å². The van der Waals surface area contributed by atoms with Crippen LogP contribution in [0.1, 0.15) is 49.1 Å². The largest absolute Gasteiger partial charge is 0.497 e. The Hall–Kier alpha value is -2.79. The van der Waals surface area contributed by atoms with Crippen LogP contribution in [0, 0.1) is 0 Å². The number of aromatic amines is 1. The van der Waals surface area contributed by atoms with Crippen molar-refractivity contribution in [1.82, 2.24) is 10.3 Å². The highest BCUT2D eigenvalue weighted by atomic mass is 16.5. The third kappa shape index (κ3) is 5.03. The van der Waals surface area contributed by atoms with Gasteiger partial charge in [-0.2, -0.15) is 0 Å². The zero-order valence-electron chi connectivity index (χ0n) is 17.7. The van der Waals surface area contributed by atoms with Gasteiger partial charge in [-0.15, -0.1) is 0 Å². The Bertz CT molecular complexity index is 972. The van der Waals surface area contributed by atoms with Crippen LogP contribution in [0.25, 0.3) is 10.9 Å². The standard InChI is InChI=1S/C25H31N3O2/c1-30-22-11-12-24-23(15-22)20(16-27-24)13-14-26-17-25(29)28-21-9-7-19(8-10-21)18-5-3-2-4-6-18/h7-12,15-16,18,26-27H,2-6,13-14,17H2,1H3,(H,28,29). The first-order valence-electron chi connectivity index (χ1n) is 11.0. The number of fused-ring (bicyclic) bond motifs is 1. The number of hydrogen-bond donors (Lipinski definition) is 3. The second kappa shape index (κ2) is 9.81. The Labute approximate surface area is 178 Å². The molecule has 1 aliphatic carbocycles. The van der Waals surface area contributed by atoms with Gasteiger partial charge in [-0.3, -0.25) is 4.79 Å². The fraction of sp³-hybridized carbons (Fsp3) is 0.400. The van der Waals surface area contributed by atoms with Crippen LogP contribution in [-0.2, 0) is 11.2 Å². The first-order chi connectivity index (χ1) is 14.7. The third-order valence-corrected chi connectivity index (χ3v) is 6.10. The molecule has 2 aromatic carbocycles. The fourth-order valence-corrected chi connectivity index (χ4v) is 4.40. The SMILES string of the molecule is COc1ccc2[nH]cc(CCNCC(=O)Nc3ccc(C4CCCCC4)cc3)c2c1. The number of hydrogen-bond acceptors (Lipinski definition) is 3. The molecule has 1 saturated carbocycles. The van der Waals surface area contributed by atoms with Crippen LogP contribution in [0.3, 0.4) is 0 Å². The number of carbonyl (C=O) groups is 1. The number of amides is 1. The van der Waals surface area contributed by atoms with E-state index in [9.17, 15) is 4.79 Å². The van der Waals surface area contributed by atoms with E-state index in [2.05, 4.69) is 27.8 Å². The molecule has 158 valence electrons. The number of H-pyrrole nitrogens is 1. The Balaban J connectivity index is 1.22. The lowest BCUT2D eigenvalue weighted by Crippen LogP contribution is -2.29. The first-order valence-corrected chi connectivity index (χ1v) is 11.0. The number of aromatic nitrogens is 1. The highest BCUT2D eigenvalue weighted by molar-refractivity contribution is 5.92. The van der Waals surface area contributed by atoms with Crippen LogP contribution < -0.4 is 15.4 Å². The Kier molecular flexibility index (Phi) is 6.70. The van der Waals surface area contributed by atoms with Crippen LogP contribution in [0.4, 0.5) is 5.69 Å². The van der Waals surface area contributed by atoms with Gasteiger partial charge in [-0.05, 0) is 73.2 Å². The summed E-state index contributed by atoms with van der Waals surface area (Å²) in [5.41, 5.74) is 4.58. The quantitative estimate of drug-likeness (QED) is 0.462. The van der Waals surface area contributed by atoms with Gasteiger partial charge in [-0.1, -0.05) is 31.4 Å². The number of carbonyl (C=O) groups excluding carboxylic acids is 1. The molecule has 0 aliphatic heterocycles. The summed E-state index contributed by atoms with van der Waals surface area (Å²) in [6, 6.07) is 14.4. The molecular weight excluding hydrogens is 374 g/mol. The molecule has 5 nitrogen and oxygen atoms in total. The zero-order chi connectivity index (χ0) is 20.8. The second-order valence-electron chi connectivity index (χ2n) is 8.16. The predicted molar refractivity (Wildman–Crippen MR) is 122 cm³/mol. The Morgan fingerprint density at radius 3 is 2.67 bits per heavy atom. The van der Waals surface area contributed by atoms with Crippen molar-refractivity contribution in [3.63, 3.8) is 0 Å². The lowest BCUT2D eigenvalue weighted by Gasteiger charge is -2.22. The molecule has 3 aromatic rings. The maximum absolute atomic E-state index is 12.3. The van der Waals surface area contributed by atoms with E-state index in [0.717, 1.165) is 29.9 Å². The molecule has 0 atom stereocenters. The summed E-state index contributed by atoms with van der Waals surface area (Å²) < 4.78 is 5.32. The summed E-state index contributed by atoms with van der Waals surface area (Å²) >= 11 is 0. The van der Waals surface area contributed by atoms with Gasteiger partial charge < -0.3 is 20.4 Å². The average molecular weight is 406 g/mol. The van der Waals surface area contributed by atoms with Crippen LogP contribution in [-0.4, -0.2) is 31.1 Å². The van der Waals surface area contributed by atoms with E-state index < -0.39 is 0 Å². The third-order valence-electron chi connectivity index (χ3n) is 6.10. The van der Waals surface area contributed by atoms with Crippen molar-refractivity contribution in [2.24, 2.45) is 0 Å². The maximum atomic E-state index is 12.3. The molecule has 1 aliphatic rings. The number of benzene rings is 2. The fourth-order valence-electron chi connectivity index (χ4n) is 4.40. The molecule has 4 rings (SSSR count). The van der Waals surface area contributed by atoms with Gasteiger partial charge in [0.2, 0.25) is 5.91 Å². The van der Waals surface area contributed by atoms with E-state index in [1.807, 2.05) is 36.5 Å². The highest BCUT2D eigenvalue weighted by Crippen LogP contribution is 2.33. The van der Waals surface area contributed by atoms with Gasteiger partial charge >= 0.3 is 0 Å². The number of rotatable bonds is 8. The van der Waals surface area contributed by atoms with Gasteiger partial charge in [0.05, 0.1) is 13.7 Å². The van der Waals surface area contributed by atoms with Crippen molar-refractivity contribution in [3.05, 3.63) is 59.8 Å². The minimum absolute atomic E-state index is 0.0130. The lowest BCUT2D eigenvalue weighted by molar-refractivity contribution is -0.115. The Morgan fingerprint density at radius 2 is 1.90 bits per heavy atom. The molecule has 1 aromatic heterocycles. The normalized spacial score (nSPS) is 14.7. The summed E-state index contributed by atoms with van der Waals surface area (Å²) in [4.78, 5) is 15.5. The zero-order valence-corrected chi connectivity index (χ0v) is 17.7. The molecule has 1 amide bonds. The van der Waals surface area contributed by atoms with Gasteiger partial charge in [0.15, 0.2) is 0 Å². The number of methoxy groups -OCH3 is 1. The molecule has 1 fully saturated rings. The molecule has 30 heavy (non-hydrogen) atoms. The summed E-state index contributed by atoms with van der Waals surface area (Å²) in [7, 11) is 1.68. The van der Waals surface area contributed by atoms with Crippen molar-refractivity contribution >= 4 is 22.5 Å². The summed E-state index contributed by atoms with van der Waals surface area (Å²) in [5, 5.41) is 7.39. The molecule has 0 saturated heterocycles. The molecule has 0 bridgehead atoms. The monoisotopic (exact) mass is 405 g/mol. The van der Waals surface area contributed by atoms with E-state index in [-0.39, 0.29) is 5.91 Å². The van der Waals surface area contributed by atoms with E-state index in [1.165, 1.54) is 48.6 Å². The van der Waals surface area contributed by atoms with E-state index in [4.69, 9.17) is 4.74 Å². The van der Waals surface area contributed by atoms with Crippen molar-refractivity contribution < 1.29 is 9.53 Å². The van der Waals surface area contributed by atoms with Crippen molar-refractivity contribution in [2.75, 3.05) is 25.5 Å². The summed E-state index contributed by atoms with van der Waals surface area (Å²) in [6.07, 6.45) is 9.49. The van der Waals surface area contributed by atoms with E-state index in [1.54, 1.807) is 7.11 Å². The minimum Gasteiger partial charge on any atom is -0.497 e. The molecular formula is C25H31N3O2. The molecule has 0 unspecified atom stereocenters. The number of ether oxygens (including phenoxy) is 1. The van der Waals surface area contributed by atoms with E-state index >= 15 is 0 Å².